The van der Waals surface area contributed by atoms with E-state index < -0.39 is 99.8 Å². The lowest BCUT2D eigenvalue weighted by atomic mass is 9.33. The molecule has 7 fully saturated rings. The summed E-state index contributed by atoms with van der Waals surface area (Å²) in [6.45, 7) is 23.0. The molecule has 0 radical (unpaired) electrons. The maximum atomic E-state index is 14.8. The largest absolute Gasteiger partial charge is 0.501 e. The Bertz CT molecular complexity index is 4250. The lowest BCUT2D eigenvalue weighted by Gasteiger charge is -2.72. The minimum absolute atomic E-state index is 0.00825. The molecule has 3 saturated heterocycles. The standard InChI is InChI=1S/C77H100F4N10O10S4/c1-51-66(103-50-83-51)53-15-16-54(43-82-69(94)63-40-58(92)45-91(63)70(95)67(72(2,3)4)85-71(96)76(78)26-27-76)64(39-53)101-38-12-11-28-87-30-32-88(33-31-87)29-24-56(46-102-59-13-9-8-10-14-59)84-62-22-21-60(41-65(62)104(97,98)77(79,80)81)105(99,100)86-68(93)52-17-19-57(20-18-52)90-36-34-89(35-37-90)44-55-23-25-73(5,6)42-61(55)75-47-74(7,48-75)49-75/h8-10,13-22,39,41,50,56,58,63,67,84,92H,11-12,23-38,40,42-49H2,1-7H3,(H,82,94)(H,85,96)(H,86,93)/t56-,58-,63+,67-,74?,75?/m1/s1. The number of carbonyl (C=O) groups excluding carboxylic acids is 4. The number of unbranched alkanes of at least 4 members (excludes halogenated alkanes) is 1. The van der Waals surface area contributed by atoms with Crippen LogP contribution in [-0.2, 0) is 40.8 Å². The maximum Gasteiger partial charge on any atom is 0.501 e. The molecule has 570 valence electrons. The van der Waals surface area contributed by atoms with Crippen molar-refractivity contribution in [2.24, 2.45) is 21.7 Å². The molecule has 4 amide bonds. The van der Waals surface area contributed by atoms with Crippen molar-refractivity contribution in [3.8, 4) is 16.2 Å². The van der Waals surface area contributed by atoms with E-state index >= 15 is 0 Å². The molecule has 5 aromatic rings. The molecule has 0 unspecified atom stereocenters. The van der Waals surface area contributed by atoms with Crippen LogP contribution in [0.4, 0.5) is 28.9 Å². The van der Waals surface area contributed by atoms with Gasteiger partial charge in [-0.1, -0.05) is 83.0 Å². The highest BCUT2D eigenvalue weighted by atomic mass is 32.2. The number of ether oxygens (including phenoxy) is 1. The number of thioether (sulfide) groups is 1. The highest BCUT2D eigenvalue weighted by Crippen LogP contribution is 2.77. The second-order valence-electron chi connectivity index (χ2n) is 32.3. The summed E-state index contributed by atoms with van der Waals surface area (Å²) < 4.78 is 122. The Morgan fingerprint density at radius 2 is 1.50 bits per heavy atom. The molecular weight excluding hydrogens is 1430 g/mol. The fourth-order valence-electron chi connectivity index (χ4n) is 16.2. The molecule has 3 aliphatic heterocycles. The summed E-state index contributed by atoms with van der Waals surface area (Å²) >= 11 is 2.92. The zero-order valence-electron chi connectivity index (χ0n) is 61.1. The average Bonchev–Trinajstić information content (AvgIpc) is 1.48. The van der Waals surface area contributed by atoms with E-state index in [1.54, 1.807) is 49.6 Å². The number of carbonyl (C=O) groups is 4. The molecule has 5 N–H and O–H groups in total. The number of nitrogens with one attached hydrogen (secondary N) is 4. The van der Waals surface area contributed by atoms with Crippen LogP contribution < -0.4 is 30.3 Å². The summed E-state index contributed by atoms with van der Waals surface area (Å²) in [5, 5.41) is 19.4. The number of hydrogen-bond acceptors (Lipinski definition) is 18. The molecule has 5 aliphatic carbocycles. The molecular formula is C77H100F4N10O10S4. The van der Waals surface area contributed by atoms with Crippen LogP contribution in [0, 0.1) is 28.6 Å². The summed E-state index contributed by atoms with van der Waals surface area (Å²) in [5.74, 6) is -2.12. The van der Waals surface area contributed by atoms with Crippen LogP contribution in [0.1, 0.15) is 140 Å². The molecule has 28 heteroatoms. The van der Waals surface area contributed by atoms with Crippen molar-refractivity contribution in [2.45, 2.75) is 182 Å². The molecule has 8 aliphatic rings. The van der Waals surface area contributed by atoms with Crippen LogP contribution in [0.25, 0.3) is 10.4 Å². The highest BCUT2D eigenvalue weighted by molar-refractivity contribution is 7.99. The van der Waals surface area contributed by atoms with Crippen molar-refractivity contribution >= 4 is 78.0 Å². The van der Waals surface area contributed by atoms with Gasteiger partial charge in [0, 0.05) is 118 Å². The first kappa shape index (κ1) is 77.9. The van der Waals surface area contributed by atoms with E-state index in [1.165, 1.54) is 72.2 Å². The summed E-state index contributed by atoms with van der Waals surface area (Å²) in [5.41, 5.74) is 0.597. The molecule has 4 heterocycles. The Labute approximate surface area is 623 Å². The first-order valence-corrected chi connectivity index (χ1v) is 41.5. The van der Waals surface area contributed by atoms with Crippen molar-refractivity contribution in [2.75, 3.05) is 101 Å². The van der Waals surface area contributed by atoms with E-state index in [1.807, 2.05) is 60.2 Å². The van der Waals surface area contributed by atoms with Crippen molar-refractivity contribution in [1.29, 1.82) is 0 Å². The average molecular weight is 1530 g/mol. The summed E-state index contributed by atoms with van der Waals surface area (Å²) in [7, 11) is -11.1. The quantitative estimate of drug-likeness (QED) is 0.0129. The number of anilines is 2. The van der Waals surface area contributed by atoms with Gasteiger partial charge >= 0.3 is 5.51 Å². The molecule has 4 atom stereocenters. The third-order valence-electron chi connectivity index (χ3n) is 22.3. The molecule has 20 nitrogen and oxygen atoms in total. The second kappa shape index (κ2) is 31.1. The normalized spacial score (nSPS) is 23.4. The molecule has 105 heavy (non-hydrogen) atoms. The SMILES string of the molecule is Cc1ncsc1-c1ccc(CNC(=O)[C@@H]2C[C@@H](O)CN2C(=O)[C@@H](NC(=O)C2(F)CC2)C(C)(C)C)c(OCCCCN2CCN(CC[C@H](CSc3ccccc3)Nc3ccc(S(=O)(=O)NC(=O)c4ccc(N5CCN(CC6=C(C78CC(C)(C7)C8)CC(C)(C)CC6)CC5)cc4)cc3S(=O)(=O)C(F)(F)F)CC2)c1. The van der Waals surface area contributed by atoms with Crippen LogP contribution in [0.5, 0.6) is 5.75 Å². The number of sulfone groups is 1. The smallest absolute Gasteiger partial charge is 0.493 e. The Morgan fingerprint density at radius 1 is 0.819 bits per heavy atom. The van der Waals surface area contributed by atoms with E-state index in [2.05, 4.69) is 61.3 Å². The summed E-state index contributed by atoms with van der Waals surface area (Å²) in [6.07, 6.45) is 8.48. The number of thiazole rings is 1. The molecule has 4 saturated carbocycles. The number of β-amino-alcohol motifs (C(OH)–C–C–N with tert-alkyl or cyclic N) is 1. The summed E-state index contributed by atoms with van der Waals surface area (Å²) in [4.78, 5) is 69.3. The van der Waals surface area contributed by atoms with E-state index in [0.29, 0.717) is 78.5 Å². The van der Waals surface area contributed by atoms with Gasteiger partial charge in [0.25, 0.3) is 31.7 Å². The number of piperazine rings is 2. The number of halogens is 4. The predicted molar refractivity (Wildman–Crippen MR) is 400 cm³/mol. The third-order valence-corrected chi connectivity index (χ3v) is 27.3. The molecule has 0 spiro atoms. The Morgan fingerprint density at radius 3 is 2.13 bits per heavy atom. The van der Waals surface area contributed by atoms with Gasteiger partial charge in [0.2, 0.25) is 11.8 Å². The van der Waals surface area contributed by atoms with Gasteiger partial charge in [0.15, 0.2) is 5.67 Å². The number of allylic oxidation sites excluding steroid dienone is 1. The van der Waals surface area contributed by atoms with E-state index in [9.17, 15) is 58.7 Å². The van der Waals surface area contributed by atoms with Gasteiger partial charge in [-0.15, -0.1) is 23.1 Å². The van der Waals surface area contributed by atoms with Gasteiger partial charge in [-0.2, -0.15) is 13.2 Å². The number of sulfonamides is 1. The monoisotopic (exact) mass is 1530 g/mol. The van der Waals surface area contributed by atoms with Crippen molar-refractivity contribution in [3.63, 3.8) is 0 Å². The van der Waals surface area contributed by atoms with Crippen molar-refractivity contribution < 1.29 is 63.4 Å². The van der Waals surface area contributed by atoms with Gasteiger partial charge in [-0.3, -0.25) is 24.1 Å². The van der Waals surface area contributed by atoms with Crippen LogP contribution in [-0.4, -0.2) is 196 Å². The lowest BCUT2D eigenvalue weighted by Crippen LogP contribution is -2.61. The number of rotatable bonds is 29. The Kier molecular flexibility index (Phi) is 23.1. The molecule has 13 rings (SSSR count). The van der Waals surface area contributed by atoms with E-state index in [-0.39, 0.29) is 37.9 Å². The fraction of sp³-hybridized carbons (Fsp3) is 0.571. The number of aliphatic hydroxyl groups is 1. The number of aryl methyl sites for hydroxylation is 1. The number of aliphatic hydroxyl groups excluding tert-OH is 1. The molecule has 4 aromatic carbocycles. The number of nitrogens with zero attached hydrogens (tertiary/aromatic N) is 6. The molecule has 1 aromatic heterocycles. The third kappa shape index (κ3) is 18.2. The van der Waals surface area contributed by atoms with Crippen LogP contribution in [0.3, 0.4) is 0 Å². The van der Waals surface area contributed by atoms with E-state index in [0.717, 1.165) is 104 Å². The van der Waals surface area contributed by atoms with Gasteiger partial charge < -0.3 is 45.4 Å². The topological polar surface area (TPSA) is 243 Å². The lowest BCUT2D eigenvalue weighted by molar-refractivity contribution is -0.167. The van der Waals surface area contributed by atoms with Gasteiger partial charge in [0.05, 0.1) is 39.4 Å². The van der Waals surface area contributed by atoms with Crippen LogP contribution in [0.15, 0.2) is 122 Å². The number of alkyl halides is 4. The first-order chi connectivity index (χ1) is 49.6. The molecule has 2 bridgehead atoms. The summed E-state index contributed by atoms with van der Waals surface area (Å²) in [6, 6.07) is 21.2. The van der Waals surface area contributed by atoms with E-state index in [4.69, 9.17) is 4.74 Å². The number of amides is 4. The van der Waals surface area contributed by atoms with Crippen molar-refractivity contribution in [1.82, 2.24) is 39.9 Å². The maximum absolute atomic E-state index is 14.8. The number of hydrogen-bond donors (Lipinski definition) is 5. The predicted octanol–water partition coefficient (Wildman–Crippen LogP) is 11.4. The minimum atomic E-state index is -6.15. The second-order valence-corrected chi connectivity index (χ2v) is 37.9. The minimum Gasteiger partial charge on any atom is -0.493 e. The highest BCUT2D eigenvalue weighted by Gasteiger charge is 2.67. The van der Waals surface area contributed by atoms with Gasteiger partial charge in [0.1, 0.15) is 22.7 Å². The number of benzene rings is 4. The van der Waals surface area contributed by atoms with Crippen molar-refractivity contribution in [3.05, 3.63) is 124 Å². The zero-order chi connectivity index (χ0) is 75.1. The van der Waals surface area contributed by atoms with Gasteiger partial charge in [-0.05, 0) is 172 Å². The zero-order valence-corrected chi connectivity index (χ0v) is 64.4. The number of likely N-dealkylation sites (tertiary alicyclic amines) is 1. The fourth-order valence-corrected chi connectivity index (χ4v) is 20.0. The number of aromatic nitrogens is 1. The Hall–Kier alpha value is -6.66. The van der Waals surface area contributed by atoms with Crippen LogP contribution in [0.2, 0.25) is 0 Å². The first-order valence-electron chi connectivity index (χ1n) is 36.7. The van der Waals surface area contributed by atoms with Gasteiger partial charge in [-0.25, -0.2) is 30.9 Å². The van der Waals surface area contributed by atoms with Crippen LogP contribution >= 0.6 is 23.1 Å². The Balaban J connectivity index is 0.632.